The smallest absolute Gasteiger partial charge is 0.276 e. The van der Waals surface area contributed by atoms with Gasteiger partial charge in [-0.15, -0.1) is 0 Å². The Kier molecular flexibility index (Phi) is 5.03. The lowest BCUT2D eigenvalue weighted by molar-refractivity contribution is 0.101. The third-order valence-corrected chi connectivity index (χ3v) is 3.68. The summed E-state index contributed by atoms with van der Waals surface area (Å²) in [4.78, 5) is 28.0. The zero-order valence-corrected chi connectivity index (χ0v) is 13.8. The highest BCUT2D eigenvalue weighted by molar-refractivity contribution is 6.02. The number of aryl methyl sites for hydroxylation is 1. The minimum atomic E-state index is -0.363. The third kappa shape index (κ3) is 4.00. The van der Waals surface area contributed by atoms with Gasteiger partial charge in [0, 0.05) is 23.9 Å². The lowest BCUT2D eigenvalue weighted by Crippen LogP contribution is -2.26. The van der Waals surface area contributed by atoms with Crippen molar-refractivity contribution in [3.05, 3.63) is 65.0 Å². The quantitative estimate of drug-likeness (QED) is 0.746. The van der Waals surface area contributed by atoms with Crippen LogP contribution < -0.4 is 10.9 Å². The monoisotopic (exact) mass is 338 g/mol. The number of oxazole rings is 1. The lowest BCUT2D eigenvalue weighted by Gasteiger charge is -2.08. The first kappa shape index (κ1) is 16.6. The minimum Gasteiger partial charge on any atom is -0.444 e. The fourth-order valence-electron chi connectivity index (χ4n) is 2.31. The van der Waals surface area contributed by atoms with E-state index in [0.29, 0.717) is 18.0 Å². The number of nitrogens with one attached hydrogen (secondary N) is 1. The maximum atomic E-state index is 12.3. The third-order valence-electron chi connectivity index (χ3n) is 3.68. The molecule has 25 heavy (non-hydrogen) atoms. The standard InChI is InChI=1S/C18H18N4O3/c1-2-3-10-22-17(23)9-8-15(21-22)18(24)20-14-6-4-13(5-7-14)16-11-19-12-25-16/h4-9,11-12H,2-3,10H2,1H3,(H,20,24). The van der Waals surface area contributed by atoms with Gasteiger partial charge in [0.2, 0.25) is 0 Å². The van der Waals surface area contributed by atoms with Crippen molar-refractivity contribution in [2.75, 3.05) is 5.32 Å². The van der Waals surface area contributed by atoms with E-state index in [4.69, 9.17) is 4.42 Å². The number of carbonyl (C=O) groups is 1. The van der Waals surface area contributed by atoms with Crippen LogP contribution in [0.25, 0.3) is 11.3 Å². The average molecular weight is 338 g/mol. The molecule has 0 atom stereocenters. The summed E-state index contributed by atoms with van der Waals surface area (Å²) in [6.45, 7) is 2.53. The second-order valence-electron chi connectivity index (χ2n) is 5.53. The van der Waals surface area contributed by atoms with E-state index in [2.05, 4.69) is 15.4 Å². The van der Waals surface area contributed by atoms with E-state index in [9.17, 15) is 9.59 Å². The number of hydrogen-bond donors (Lipinski definition) is 1. The summed E-state index contributed by atoms with van der Waals surface area (Å²) >= 11 is 0. The molecule has 0 unspecified atom stereocenters. The number of hydrogen-bond acceptors (Lipinski definition) is 5. The van der Waals surface area contributed by atoms with Gasteiger partial charge in [0.15, 0.2) is 12.2 Å². The molecule has 2 aromatic heterocycles. The molecular weight excluding hydrogens is 320 g/mol. The molecule has 0 saturated carbocycles. The number of amides is 1. The highest BCUT2D eigenvalue weighted by atomic mass is 16.3. The molecule has 1 aromatic carbocycles. The Hall–Kier alpha value is -3.22. The molecule has 1 amide bonds. The Bertz CT molecular complexity index is 899. The van der Waals surface area contributed by atoms with Gasteiger partial charge in [0.25, 0.3) is 11.5 Å². The Morgan fingerprint density at radius 1 is 1.20 bits per heavy atom. The van der Waals surface area contributed by atoms with Gasteiger partial charge in [0.1, 0.15) is 5.69 Å². The Balaban J connectivity index is 1.72. The molecule has 2 heterocycles. The van der Waals surface area contributed by atoms with Crippen molar-refractivity contribution in [3.63, 3.8) is 0 Å². The van der Waals surface area contributed by atoms with Crippen LogP contribution in [0.3, 0.4) is 0 Å². The van der Waals surface area contributed by atoms with Crippen LogP contribution in [0.2, 0.25) is 0 Å². The maximum Gasteiger partial charge on any atom is 0.276 e. The Labute approximate surface area is 144 Å². The molecule has 1 N–H and O–H groups in total. The Morgan fingerprint density at radius 2 is 2.00 bits per heavy atom. The van der Waals surface area contributed by atoms with Gasteiger partial charge in [0.05, 0.1) is 6.20 Å². The fourth-order valence-corrected chi connectivity index (χ4v) is 2.31. The molecule has 0 aliphatic heterocycles. The van der Waals surface area contributed by atoms with Crippen LogP contribution in [-0.2, 0) is 6.54 Å². The van der Waals surface area contributed by atoms with Crippen molar-refractivity contribution in [2.45, 2.75) is 26.3 Å². The normalized spacial score (nSPS) is 10.6. The molecular formula is C18H18N4O3. The van der Waals surface area contributed by atoms with Gasteiger partial charge >= 0.3 is 0 Å². The number of unbranched alkanes of at least 4 members (excludes halogenated alkanes) is 1. The van der Waals surface area contributed by atoms with Gasteiger partial charge in [-0.2, -0.15) is 5.10 Å². The van der Waals surface area contributed by atoms with Crippen LogP contribution in [0, 0.1) is 0 Å². The van der Waals surface area contributed by atoms with E-state index in [1.807, 2.05) is 19.1 Å². The summed E-state index contributed by atoms with van der Waals surface area (Å²) in [5, 5.41) is 6.90. The molecule has 7 nitrogen and oxygen atoms in total. The molecule has 7 heteroatoms. The summed E-state index contributed by atoms with van der Waals surface area (Å²) < 4.78 is 6.55. The van der Waals surface area contributed by atoms with E-state index < -0.39 is 0 Å². The summed E-state index contributed by atoms with van der Waals surface area (Å²) in [5.74, 6) is 0.292. The van der Waals surface area contributed by atoms with Gasteiger partial charge in [-0.1, -0.05) is 13.3 Å². The van der Waals surface area contributed by atoms with Gasteiger partial charge in [-0.3, -0.25) is 9.59 Å². The molecule has 0 bridgehead atoms. The number of nitrogens with zero attached hydrogens (tertiary/aromatic N) is 3. The van der Waals surface area contributed by atoms with Crippen molar-refractivity contribution < 1.29 is 9.21 Å². The number of anilines is 1. The van der Waals surface area contributed by atoms with Crippen molar-refractivity contribution in [1.82, 2.24) is 14.8 Å². The molecule has 0 radical (unpaired) electrons. The SMILES string of the molecule is CCCCn1nc(C(=O)Nc2ccc(-c3cnco3)cc2)ccc1=O. The first-order chi connectivity index (χ1) is 12.2. The van der Waals surface area contributed by atoms with Crippen LogP contribution in [0.1, 0.15) is 30.3 Å². The van der Waals surface area contributed by atoms with Crippen LogP contribution in [0.15, 0.2) is 58.2 Å². The van der Waals surface area contributed by atoms with Crippen molar-refractivity contribution in [3.8, 4) is 11.3 Å². The minimum absolute atomic E-state index is 0.204. The molecule has 0 fully saturated rings. The molecule has 0 aliphatic rings. The molecule has 3 rings (SSSR count). The fraction of sp³-hybridized carbons (Fsp3) is 0.222. The molecule has 0 spiro atoms. The molecule has 3 aromatic rings. The first-order valence-corrected chi connectivity index (χ1v) is 8.06. The largest absolute Gasteiger partial charge is 0.444 e. The topological polar surface area (TPSA) is 90.0 Å². The molecule has 0 aliphatic carbocycles. The van der Waals surface area contributed by atoms with Crippen molar-refractivity contribution in [2.24, 2.45) is 0 Å². The summed E-state index contributed by atoms with van der Waals surface area (Å²) in [6.07, 6.45) is 4.77. The van der Waals surface area contributed by atoms with Crippen molar-refractivity contribution >= 4 is 11.6 Å². The average Bonchev–Trinajstić information content (AvgIpc) is 3.16. The van der Waals surface area contributed by atoms with E-state index in [-0.39, 0.29) is 17.2 Å². The Morgan fingerprint density at radius 3 is 2.68 bits per heavy atom. The van der Waals surface area contributed by atoms with Crippen LogP contribution in [0.5, 0.6) is 0 Å². The number of aromatic nitrogens is 3. The van der Waals surface area contributed by atoms with Gasteiger partial charge in [-0.05, 0) is 36.8 Å². The summed E-state index contributed by atoms with van der Waals surface area (Å²) in [6, 6.07) is 9.98. The number of carbonyl (C=O) groups excluding carboxylic acids is 1. The number of benzene rings is 1. The summed E-state index contributed by atoms with van der Waals surface area (Å²) in [7, 11) is 0. The van der Waals surface area contributed by atoms with E-state index >= 15 is 0 Å². The van der Waals surface area contributed by atoms with Crippen LogP contribution in [-0.4, -0.2) is 20.7 Å². The second kappa shape index (κ2) is 7.57. The van der Waals surface area contributed by atoms with E-state index in [1.54, 1.807) is 18.3 Å². The van der Waals surface area contributed by atoms with E-state index in [1.165, 1.54) is 23.2 Å². The molecule has 128 valence electrons. The van der Waals surface area contributed by atoms with Crippen LogP contribution in [0.4, 0.5) is 5.69 Å². The second-order valence-corrected chi connectivity index (χ2v) is 5.53. The highest BCUT2D eigenvalue weighted by Gasteiger charge is 2.10. The molecule has 0 saturated heterocycles. The maximum absolute atomic E-state index is 12.3. The lowest BCUT2D eigenvalue weighted by atomic mass is 10.1. The zero-order chi connectivity index (χ0) is 17.6. The number of rotatable bonds is 6. The van der Waals surface area contributed by atoms with Crippen molar-refractivity contribution in [1.29, 1.82) is 0 Å². The van der Waals surface area contributed by atoms with Crippen LogP contribution >= 0.6 is 0 Å². The highest BCUT2D eigenvalue weighted by Crippen LogP contribution is 2.20. The zero-order valence-electron chi connectivity index (χ0n) is 13.8. The predicted molar refractivity (Wildman–Crippen MR) is 93.3 cm³/mol. The van der Waals surface area contributed by atoms with Gasteiger partial charge < -0.3 is 9.73 Å². The van der Waals surface area contributed by atoms with Gasteiger partial charge in [-0.25, -0.2) is 9.67 Å². The summed E-state index contributed by atoms with van der Waals surface area (Å²) in [5.41, 5.74) is 1.49. The first-order valence-electron chi connectivity index (χ1n) is 8.06. The predicted octanol–water partition coefficient (Wildman–Crippen LogP) is 2.95. The van der Waals surface area contributed by atoms with E-state index in [0.717, 1.165) is 18.4 Å².